The zero-order valence-electron chi connectivity index (χ0n) is 5.59. The third-order valence-electron chi connectivity index (χ3n) is 1.35. The van der Waals surface area contributed by atoms with Gasteiger partial charge in [-0.3, -0.25) is 0 Å². The van der Waals surface area contributed by atoms with Crippen molar-refractivity contribution in [3.05, 3.63) is 36.5 Å². The van der Waals surface area contributed by atoms with E-state index in [9.17, 15) is 0 Å². The van der Waals surface area contributed by atoms with Gasteiger partial charge < -0.3 is 0 Å². The van der Waals surface area contributed by atoms with E-state index in [0.29, 0.717) is 0 Å². The van der Waals surface area contributed by atoms with Crippen LogP contribution in [0, 0.1) is 0 Å². The van der Waals surface area contributed by atoms with E-state index >= 15 is 0 Å². The fourth-order valence-corrected chi connectivity index (χ4v) is 0.831. The molecule has 0 atom stereocenters. The Morgan fingerprint density at radius 2 is 1.22 bits per heavy atom. The first-order chi connectivity index (χ1) is 4.50. The Hall–Kier alpha value is -0.780. The van der Waals surface area contributed by atoms with Gasteiger partial charge in [-0.2, -0.15) is 0 Å². The van der Waals surface area contributed by atoms with Gasteiger partial charge in [-0.15, -0.1) is 0 Å². The first-order valence-electron chi connectivity index (χ1n) is 3.48. The van der Waals surface area contributed by atoms with Crippen molar-refractivity contribution in [3.63, 3.8) is 0 Å². The molecule has 0 unspecified atom stereocenters. The van der Waals surface area contributed by atoms with E-state index in [0.717, 1.165) is 0 Å². The largest absolute Gasteiger partial charge is 0.0845 e. The molecule has 0 heteroatoms. The van der Waals surface area contributed by atoms with Gasteiger partial charge in [0.05, 0.1) is 0 Å². The van der Waals surface area contributed by atoms with E-state index in [1.54, 1.807) is 0 Å². The molecule has 0 aromatic carbocycles. The molecule has 0 bridgehead atoms. The molecule has 0 radical (unpaired) electrons. The van der Waals surface area contributed by atoms with Crippen LogP contribution < -0.4 is 0 Å². The summed E-state index contributed by atoms with van der Waals surface area (Å²) in [6, 6.07) is 0. The highest BCUT2D eigenvalue weighted by Gasteiger charge is 1.79. The summed E-state index contributed by atoms with van der Waals surface area (Å²) in [6.07, 6.45) is 16.5. The molecule has 0 saturated carbocycles. The lowest BCUT2D eigenvalue weighted by molar-refractivity contribution is 0.869. The van der Waals surface area contributed by atoms with Crippen molar-refractivity contribution < 1.29 is 0 Å². The molecule has 0 nitrogen and oxygen atoms in total. The summed E-state index contributed by atoms with van der Waals surface area (Å²) < 4.78 is 0. The first kappa shape index (κ1) is 6.34. The molecule has 0 amide bonds. The van der Waals surface area contributed by atoms with Gasteiger partial charge >= 0.3 is 0 Å². The summed E-state index contributed by atoms with van der Waals surface area (Å²) in [5, 5.41) is 0. The first-order valence-corrected chi connectivity index (χ1v) is 3.48. The van der Waals surface area contributed by atoms with Crippen molar-refractivity contribution in [3.8, 4) is 0 Å². The second kappa shape index (κ2) is 4.13. The predicted molar refractivity (Wildman–Crippen MR) is 41.3 cm³/mol. The third-order valence-corrected chi connectivity index (χ3v) is 1.35. The second-order valence-electron chi connectivity index (χ2n) is 2.17. The highest BCUT2D eigenvalue weighted by atomic mass is 13.9. The van der Waals surface area contributed by atoms with Crippen LogP contribution in [0.5, 0.6) is 0 Å². The van der Waals surface area contributed by atoms with E-state index in [-0.39, 0.29) is 0 Å². The SMILES string of the molecule is C1=CCCCC=C/C=C\1. The molecule has 0 aromatic heterocycles. The average Bonchev–Trinajstić information content (AvgIpc) is 2.00. The second-order valence-corrected chi connectivity index (χ2v) is 2.17. The van der Waals surface area contributed by atoms with Gasteiger partial charge in [-0.1, -0.05) is 36.5 Å². The smallest absolute Gasteiger partial charge is 0.0345 e. The van der Waals surface area contributed by atoms with Crippen LogP contribution in [0.4, 0.5) is 0 Å². The van der Waals surface area contributed by atoms with E-state index in [2.05, 4.69) is 36.5 Å². The van der Waals surface area contributed by atoms with Crippen LogP contribution in [0.1, 0.15) is 19.3 Å². The molecule has 0 aliphatic heterocycles. The standard InChI is InChI=1S/C9H12/c1-2-4-6-8-9-7-5-3-1/h1-6H,7-9H2/b2-1-,5-3?,6-4?. The van der Waals surface area contributed by atoms with Crippen molar-refractivity contribution in [2.75, 3.05) is 0 Å². The van der Waals surface area contributed by atoms with Crippen LogP contribution >= 0.6 is 0 Å². The van der Waals surface area contributed by atoms with E-state index in [1.807, 2.05) is 0 Å². The predicted octanol–water partition coefficient (Wildman–Crippen LogP) is 2.84. The maximum absolute atomic E-state index is 2.21. The zero-order chi connectivity index (χ0) is 6.36. The Bertz CT molecular complexity index is 122. The average molecular weight is 120 g/mol. The third kappa shape index (κ3) is 2.91. The molecule has 1 rings (SSSR count). The van der Waals surface area contributed by atoms with Gasteiger partial charge in [-0.05, 0) is 19.3 Å². The number of hydrogen-bond acceptors (Lipinski definition) is 0. The van der Waals surface area contributed by atoms with E-state index in [4.69, 9.17) is 0 Å². The number of rotatable bonds is 0. The van der Waals surface area contributed by atoms with Gasteiger partial charge in [0.1, 0.15) is 0 Å². The van der Waals surface area contributed by atoms with Gasteiger partial charge in [0, 0.05) is 0 Å². The summed E-state index contributed by atoms with van der Waals surface area (Å²) in [4.78, 5) is 0. The fourth-order valence-electron chi connectivity index (χ4n) is 0.831. The molecular weight excluding hydrogens is 108 g/mol. The molecule has 0 fully saturated rings. The normalized spacial score (nSPS) is 22.2. The fraction of sp³-hybridized carbons (Fsp3) is 0.333. The highest BCUT2D eigenvalue weighted by Crippen LogP contribution is 2.00. The minimum absolute atomic E-state index is 1.22. The van der Waals surface area contributed by atoms with Crippen molar-refractivity contribution in [1.82, 2.24) is 0 Å². The molecule has 48 valence electrons. The molecule has 9 heavy (non-hydrogen) atoms. The molecule has 0 heterocycles. The Labute approximate surface area is 56.6 Å². The van der Waals surface area contributed by atoms with Crippen molar-refractivity contribution in [2.24, 2.45) is 0 Å². The summed E-state index contributed by atoms with van der Waals surface area (Å²) in [5.41, 5.74) is 0. The minimum atomic E-state index is 1.22. The molecule has 1 aliphatic carbocycles. The number of hydrogen-bond donors (Lipinski definition) is 0. The molecule has 0 N–H and O–H groups in total. The Morgan fingerprint density at radius 3 is 1.78 bits per heavy atom. The van der Waals surface area contributed by atoms with Crippen LogP contribution in [-0.4, -0.2) is 0 Å². The molecule has 0 spiro atoms. The number of allylic oxidation sites excluding steroid dienone is 6. The van der Waals surface area contributed by atoms with Gasteiger partial charge in [0.2, 0.25) is 0 Å². The Morgan fingerprint density at radius 1 is 0.667 bits per heavy atom. The minimum Gasteiger partial charge on any atom is -0.0845 e. The van der Waals surface area contributed by atoms with Crippen LogP contribution in [0.25, 0.3) is 0 Å². The van der Waals surface area contributed by atoms with Crippen molar-refractivity contribution in [1.29, 1.82) is 0 Å². The van der Waals surface area contributed by atoms with Crippen molar-refractivity contribution in [2.45, 2.75) is 19.3 Å². The van der Waals surface area contributed by atoms with Crippen LogP contribution in [0.15, 0.2) is 36.5 Å². The maximum atomic E-state index is 2.21. The van der Waals surface area contributed by atoms with Crippen LogP contribution in [0.2, 0.25) is 0 Å². The lowest BCUT2D eigenvalue weighted by Crippen LogP contribution is -1.65. The Balaban J connectivity index is 2.45. The van der Waals surface area contributed by atoms with Gasteiger partial charge in [0.15, 0.2) is 0 Å². The van der Waals surface area contributed by atoms with Gasteiger partial charge in [-0.25, -0.2) is 0 Å². The Kier molecular flexibility index (Phi) is 2.91. The van der Waals surface area contributed by atoms with Crippen LogP contribution in [-0.2, 0) is 0 Å². The zero-order valence-corrected chi connectivity index (χ0v) is 5.59. The molecule has 1 aliphatic rings. The molecule has 0 saturated heterocycles. The molecular formula is C9H12. The van der Waals surface area contributed by atoms with Crippen molar-refractivity contribution >= 4 is 0 Å². The van der Waals surface area contributed by atoms with E-state index < -0.39 is 0 Å². The quantitative estimate of drug-likeness (QED) is 0.461. The maximum Gasteiger partial charge on any atom is -0.0345 e. The summed E-state index contributed by atoms with van der Waals surface area (Å²) in [5.74, 6) is 0. The summed E-state index contributed by atoms with van der Waals surface area (Å²) in [7, 11) is 0. The molecule has 0 aromatic rings. The topological polar surface area (TPSA) is 0 Å². The van der Waals surface area contributed by atoms with E-state index in [1.165, 1.54) is 19.3 Å². The van der Waals surface area contributed by atoms with Gasteiger partial charge in [0.25, 0.3) is 0 Å². The summed E-state index contributed by atoms with van der Waals surface area (Å²) >= 11 is 0. The lowest BCUT2D eigenvalue weighted by Gasteiger charge is -1.85. The monoisotopic (exact) mass is 120 g/mol. The highest BCUT2D eigenvalue weighted by molar-refractivity contribution is 5.12. The van der Waals surface area contributed by atoms with Crippen LogP contribution in [0.3, 0.4) is 0 Å². The summed E-state index contributed by atoms with van der Waals surface area (Å²) in [6.45, 7) is 0. The lowest BCUT2D eigenvalue weighted by atomic mass is 10.2.